The van der Waals surface area contributed by atoms with Crippen molar-refractivity contribution in [3.63, 3.8) is 0 Å². The summed E-state index contributed by atoms with van der Waals surface area (Å²) >= 11 is 0. The van der Waals surface area contributed by atoms with E-state index in [0.29, 0.717) is 17.0 Å². The fraction of sp³-hybridized carbons (Fsp3) is 0.130. The summed E-state index contributed by atoms with van der Waals surface area (Å²) in [5, 5.41) is 17.0. The maximum absolute atomic E-state index is 13.5. The van der Waals surface area contributed by atoms with Crippen LogP contribution in [0.2, 0.25) is 0 Å². The summed E-state index contributed by atoms with van der Waals surface area (Å²) in [5.41, 5.74) is 0.292. The lowest BCUT2D eigenvalue weighted by atomic mass is 9.92. The molecule has 0 radical (unpaired) electrons. The molecule has 2 heterocycles. The maximum Gasteiger partial charge on any atom is 0.327 e. The lowest BCUT2D eigenvalue weighted by molar-refractivity contribution is 0.357. The number of fused-ring (bicyclic) bond motifs is 6. The molecule has 0 N–H and O–H groups in total. The topological polar surface area (TPSA) is 108 Å². The largest absolute Gasteiger partial charge is 0.327 e. The van der Waals surface area contributed by atoms with Crippen LogP contribution in [0.4, 0.5) is 19.4 Å². The zero-order valence-electron chi connectivity index (χ0n) is 18.4. The first-order valence-electron chi connectivity index (χ1n) is 10.2. The van der Waals surface area contributed by atoms with Crippen molar-refractivity contribution in [3.05, 3.63) is 73.9 Å². The Balaban J connectivity index is 2.05. The second-order valence-corrected chi connectivity index (χ2v) is 10.6. The number of nitriles is 2. The molecule has 0 bridgehead atoms. The summed E-state index contributed by atoms with van der Waals surface area (Å²) in [5.74, 6) is 0. The number of aryl methyl sites for hydroxylation is 1. The normalized spacial score (nSPS) is 16.3. The molecular weight excluding hydrogens is 515 g/mol. The summed E-state index contributed by atoms with van der Waals surface area (Å²) < 4.78 is 67.4. The zero-order chi connectivity index (χ0) is 27.0. The predicted molar refractivity (Wildman–Crippen MR) is 121 cm³/mol. The Kier molecular flexibility index (Phi) is 4.41. The maximum atomic E-state index is 13.5. The van der Waals surface area contributed by atoms with Crippen molar-refractivity contribution in [2.75, 3.05) is 0 Å². The Bertz CT molecular complexity index is 1890. The summed E-state index contributed by atoms with van der Waals surface area (Å²) in [7, 11) is -10.2. The summed E-state index contributed by atoms with van der Waals surface area (Å²) in [4.78, 5) is 22.2. The van der Waals surface area contributed by atoms with Crippen LogP contribution in [-0.4, -0.2) is 19.9 Å². The molecule has 0 fully saturated rings. The Morgan fingerprint density at radius 2 is 1.32 bits per heavy atom. The van der Waals surface area contributed by atoms with Gasteiger partial charge in [-0.3, -0.25) is 15.0 Å². The molecule has 0 amide bonds. The van der Waals surface area contributed by atoms with Crippen molar-refractivity contribution in [1.82, 2.24) is 19.9 Å². The number of hydrogen-bond donors (Lipinski definition) is 0. The number of aromatic nitrogens is 4. The fourth-order valence-electron chi connectivity index (χ4n) is 4.65. The third-order valence-corrected chi connectivity index (χ3v) is 6.95. The van der Waals surface area contributed by atoms with Gasteiger partial charge in [0, 0.05) is 40.6 Å². The summed E-state index contributed by atoms with van der Waals surface area (Å²) in [6, 6.07) is 3.54. The van der Waals surface area contributed by atoms with Gasteiger partial charge in [0.15, 0.2) is 0 Å². The lowest BCUT2D eigenvalue weighted by Crippen LogP contribution is -2.26. The van der Waals surface area contributed by atoms with Crippen LogP contribution in [-0.2, 0) is 12.8 Å². The highest BCUT2D eigenvalue weighted by Gasteiger charge is 2.67. The van der Waals surface area contributed by atoms with Gasteiger partial charge in [0.25, 0.3) is 11.4 Å². The van der Waals surface area contributed by atoms with Gasteiger partial charge in [-0.1, -0.05) is 19.4 Å². The molecule has 0 spiro atoms. The highest BCUT2D eigenvalue weighted by Crippen LogP contribution is 3.01. The van der Waals surface area contributed by atoms with Crippen molar-refractivity contribution in [1.29, 1.82) is 10.5 Å². The molecule has 2 aliphatic rings. The Hall–Kier alpha value is -4.92. The molecule has 0 saturated heterocycles. The molecule has 0 saturated carbocycles. The van der Waals surface area contributed by atoms with Gasteiger partial charge in [0.05, 0.1) is 59.9 Å². The van der Waals surface area contributed by atoms with Crippen molar-refractivity contribution in [3.8, 4) is 34.7 Å². The van der Waals surface area contributed by atoms with E-state index in [1.807, 2.05) is 0 Å². The van der Waals surface area contributed by atoms with Crippen LogP contribution < -0.4 is 10.4 Å². The van der Waals surface area contributed by atoms with Crippen molar-refractivity contribution in [2.45, 2.75) is 24.8 Å². The first-order chi connectivity index (χ1) is 17.2. The summed E-state index contributed by atoms with van der Waals surface area (Å²) in [6.07, 6.45) is 0.923. The van der Waals surface area contributed by atoms with E-state index in [0.717, 1.165) is 0 Å². The van der Waals surface area contributed by atoms with Crippen LogP contribution in [0.1, 0.15) is 28.2 Å². The van der Waals surface area contributed by atoms with E-state index >= 15 is 0 Å². The van der Waals surface area contributed by atoms with Crippen molar-refractivity contribution >= 4 is 21.6 Å². The quantitative estimate of drug-likeness (QED) is 0.236. The predicted octanol–water partition coefficient (Wildman–Crippen LogP) is 4.48. The average molecular weight is 524 g/mol. The standard InChI is InChI=1S/C23H9F5N8S/c1-10-8-33-22-13(35-10)4-11-18(15(6-29)31-2)12-5-14-23(20(12)21(19(11)22)16(7-30)32-3)34-9-17(36-14)37(24,25,26,27)28/h8-9H,4-5H2,1H3/b18-15+,21-16+. The molecule has 2 aliphatic carbocycles. The Labute approximate surface area is 205 Å². The number of hydrogen-bond acceptors (Lipinski definition) is 6. The molecule has 8 nitrogen and oxygen atoms in total. The minimum atomic E-state index is -10.2. The van der Waals surface area contributed by atoms with Gasteiger partial charge in [-0.2, -0.15) is 0 Å². The molecule has 1 aromatic carbocycles. The molecular formula is C23H9F5N8S. The Morgan fingerprint density at radius 1 is 0.838 bits per heavy atom. The van der Waals surface area contributed by atoms with Crippen LogP contribution in [0.25, 0.3) is 43.6 Å². The smallest absolute Gasteiger partial charge is 0.254 e. The second-order valence-electron chi connectivity index (χ2n) is 8.23. The van der Waals surface area contributed by atoms with Gasteiger partial charge < -0.3 is 0 Å². The van der Waals surface area contributed by atoms with Crippen molar-refractivity contribution in [2.24, 2.45) is 0 Å². The highest BCUT2D eigenvalue weighted by molar-refractivity contribution is 8.45. The fourth-order valence-corrected chi connectivity index (χ4v) is 5.19. The first kappa shape index (κ1) is 23.8. The van der Waals surface area contributed by atoms with E-state index in [1.165, 1.54) is 6.20 Å². The van der Waals surface area contributed by atoms with Crippen LogP contribution in [0, 0.1) is 42.7 Å². The van der Waals surface area contributed by atoms with Gasteiger partial charge in [-0.25, -0.2) is 25.2 Å². The van der Waals surface area contributed by atoms with Gasteiger partial charge in [-0.05, 0) is 18.1 Å². The van der Waals surface area contributed by atoms with Gasteiger partial charge in [-0.15, -0.1) is 0 Å². The molecule has 2 aromatic heterocycles. The van der Waals surface area contributed by atoms with Crippen LogP contribution in [0.3, 0.4) is 0 Å². The zero-order valence-corrected chi connectivity index (χ0v) is 19.3. The van der Waals surface area contributed by atoms with Gasteiger partial charge in [0.1, 0.15) is 0 Å². The van der Waals surface area contributed by atoms with E-state index in [2.05, 4.69) is 29.6 Å². The SMILES string of the molecule is [C-]#[N+]/C(C#N)=c1\c2c(/c(=C(/C#N)[N+]#[C-])c3c1Cc1nc(S(F)(F)(F)(F)F)cnc1-3)-c1ncc(C)nc1C2. The second kappa shape index (κ2) is 6.85. The van der Waals surface area contributed by atoms with Crippen LogP contribution in [0.15, 0.2) is 17.4 Å². The molecule has 0 atom stereocenters. The molecule has 37 heavy (non-hydrogen) atoms. The molecule has 14 heteroatoms. The highest BCUT2D eigenvalue weighted by atomic mass is 32.5. The number of nitrogens with zero attached hydrogens (tertiary/aromatic N) is 8. The summed E-state index contributed by atoms with van der Waals surface area (Å²) in [6.45, 7) is 16.7. The van der Waals surface area contributed by atoms with Gasteiger partial charge in [0.2, 0.25) is 5.03 Å². The number of halogens is 5. The Morgan fingerprint density at radius 3 is 1.81 bits per heavy atom. The van der Waals surface area contributed by atoms with E-state index in [4.69, 9.17) is 13.1 Å². The van der Waals surface area contributed by atoms with Crippen LogP contribution >= 0.6 is 10.2 Å². The van der Waals surface area contributed by atoms with Crippen molar-refractivity contribution < 1.29 is 19.4 Å². The minimum absolute atomic E-state index is 0.0240. The monoisotopic (exact) mass is 524 g/mol. The molecule has 0 unspecified atom stereocenters. The lowest BCUT2D eigenvalue weighted by Gasteiger charge is -2.38. The number of benzene rings is 1. The minimum Gasteiger partial charge on any atom is -0.254 e. The first-order valence-corrected chi connectivity index (χ1v) is 12.1. The third-order valence-electron chi connectivity index (χ3n) is 5.96. The van der Waals surface area contributed by atoms with E-state index in [-0.39, 0.29) is 51.1 Å². The average Bonchev–Trinajstić information content (AvgIpc) is 3.37. The molecule has 5 rings (SSSR count). The van der Waals surface area contributed by atoms with E-state index < -0.39 is 38.8 Å². The van der Waals surface area contributed by atoms with Gasteiger partial charge >= 0.3 is 10.2 Å². The van der Waals surface area contributed by atoms with E-state index in [1.54, 1.807) is 19.1 Å². The van der Waals surface area contributed by atoms with Crippen LogP contribution in [0.5, 0.6) is 0 Å². The number of rotatable bonds is 1. The third kappa shape index (κ3) is 3.47. The molecule has 3 aromatic rings. The molecule has 182 valence electrons. The molecule has 0 aliphatic heterocycles. The van der Waals surface area contributed by atoms with E-state index in [9.17, 15) is 30.0 Å².